The van der Waals surface area contributed by atoms with E-state index in [-0.39, 0.29) is 6.10 Å². The normalized spacial score (nSPS) is 12.4. The van der Waals surface area contributed by atoms with E-state index in [1.165, 1.54) is 25.7 Å². The van der Waals surface area contributed by atoms with Gasteiger partial charge < -0.3 is 10.4 Å². The molecule has 96 valence electrons. The number of unbranched alkanes of at least 4 members (excludes halogenated alkanes) is 4. The van der Waals surface area contributed by atoms with Crippen LogP contribution in [0.2, 0.25) is 0 Å². The highest BCUT2D eigenvalue weighted by molar-refractivity contribution is 7.80. The molecule has 0 rings (SSSR count). The molecular formula is C13H27NOS. The van der Waals surface area contributed by atoms with Gasteiger partial charge in [0, 0.05) is 7.05 Å². The number of aliphatic hydroxyl groups is 1. The smallest absolute Gasteiger partial charge is 0.0750 e. The first kappa shape index (κ1) is 15.9. The van der Waals surface area contributed by atoms with Crippen LogP contribution in [0.3, 0.4) is 0 Å². The van der Waals surface area contributed by atoms with Crippen molar-refractivity contribution in [3.63, 3.8) is 0 Å². The summed E-state index contributed by atoms with van der Waals surface area (Å²) < 4.78 is 0. The lowest BCUT2D eigenvalue weighted by Gasteiger charge is -2.10. The third-order valence-electron chi connectivity index (χ3n) is 2.86. The van der Waals surface area contributed by atoms with E-state index in [9.17, 15) is 5.11 Å². The molecule has 0 saturated carbocycles. The van der Waals surface area contributed by atoms with Gasteiger partial charge in [0.1, 0.15) is 0 Å². The summed E-state index contributed by atoms with van der Waals surface area (Å²) in [5.74, 6) is 0. The van der Waals surface area contributed by atoms with E-state index < -0.39 is 0 Å². The van der Waals surface area contributed by atoms with Crippen LogP contribution in [0.1, 0.15) is 64.7 Å². The molecule has 2 N–H and O–H groups in total. The topological polar surface area (TPSA) is 32.3 Å². The van der Waals surface area contributed by atoms with Crippen molar-refractivity contribution in [3.8, 4) is 0 Å². The SMILES string of the molecule is CCCCCCC[C@@H](O)CCCC(=S)NC. The van der Waals surface area contributed by atoms with Crippen LogP contribution in [0, 0.1) is 0 Å². The highest BCUT2D eigenvalue weighted by Gasteiger charge is 2.04. The van der Waals surface area contributed by atoms with Crippen molar-refractivity contribution in [1.82, 2.24) is 5.32 Å². The Balaban J connectivity index is 3.24. The highest BCUT2D eigenvalue weighted by Crippen LogP contribution is 2.11. The van der Waals surface area contributed by atoms with E-state index >= 15 is 0 Å². The highest BCUT2D eigenvalue weighted by atomic mass is 32.1. The van der Waals surface area contributed by atoms with Crippen LogP contribution in [-0.4, -0.2) is 23.2 Å². The largest absolute Gasteiger partial charge is 0.393 e. The summed E-state index contributed by atoms with van der Waals surface area (Å²) in [7, 11) is 1.85. The Morgan fingerprint density at radius 3 is 2.38 bits per heavy atom. The molecular weight excluding hydrogens is 218 g/mol. The zero-order valence-electron chi connectivity index (χ0n) is 10.8. The van der Waals surface area contributed by atoms with Gasteiger partial charge in [-0.1, -0.05) is 51.2 Å². The molecule has 0 aromatic carbocycles. The van der Waals surface area contributed by atoms with Gasteiger partial charge in [-0.3, -0.25) is 0 Å². The first-order valence-corrected chi connectivity index (χ1v) is 7.00. The van der Waals surface area contributed by atoms with Crippen LogP contribution in [-0.2, 0) is 0 Å². The Bertz CT molecular complexity index is 173. The fourth-order valence-electron chi connectivity index (χ4n) is 1.75. The summed E-state index contributed by atoms with van der Waals surface area (Å²) in [6.45, 7) is 2.22. The second kappa shape index (κ2) is 11.3. The molecule has 0 unspecified atom stereocenters. The summed E-state index contributed by atoms with van der Waals surface area (Å²) in [5.41, 5.74) is 0. The van der Waals surface area contributed by atoms with Crippen LogP contribution < -0.4 is 5.32 Å². The predicted molar refractivity (Wildman–Crippen MR) is 74.9 cm³/mol. The molecule has 0 spiro atoms. The average molecular weight is 245 g/mol. The zero-order chi connectivity index (χ0) is 12.2. The van der Waals surface area contributed by atoms with Gasteiger partial charge in [0.15, 0.2) is 0 Å². The molecule has 1 atom stereocenters. The minimum atomic E-state index is -0.124. The molecule has 0 amide bonds. The van der Waals surface area contributed by atoms with Crippen molar-refractivity contribution >= 4 is 17.2 Å². The summed E-state index contributed by atoms with van der Waals surface area (Å²) in [4.78, 5) is 0.898. The van der Waals surface area contributed by atoms with E-state index in [1.54, 1.807) is 0 Å². The second-order valence-corrected chi connectivity index (χ2v) is 4.91. The summed E-state index contributed by atoms with van der Waals surface area (Å²) in [6, 6.07) is 0. The molecule has 16 heavy (non-hydrogen) atoms. The third-order valence-corrected chi connectivity index (χ3v) is 3.27. The van der Waals surface area contributed by atoms with Gasteiger partial charge in [-0.25, -0.2) is 0 Å². The molecule has 0 aromatic rings. The van der Waals surface area contributed by atoms with Gasteiger partial charge in [0.05, 0.1) is 11.1 Å². The van der Waals surface area contributed by atoms with E-state index in [0.29, 0.717) is 0 Å². The molecule has 2 nitrogen and oxygen atoms in total. The number of rotatable bonds is 10. The number of hydrogen-bond donors (Lipinski definition) is 2. The molecule has 0 fully saturated rings. The third kappa shape index (κ3) is 10.4. The van der Waals surface area contributed by atoms with Crippen LogP contribution in [0.4, 0.5) is 0 Å². The van der Waals surface area contributed by atoms with Gasteiger partial charge in [0.25, 0.3) is 0 Å². The minimum absolute atomic E-state index is 0.124. The fraction of sp³-hybridized carbons (Fsp3) is 0.923. The Labute approximate surface area is 106 Å². The Hall–Kier alpha value is -0.150. The number of hydrogen-bond acceptors (Lipinski definition) is 2. The zero-order valence-corrected chi connectivity index (χ0v) is 11.6. The quantitative estimate of drug-likeness (QED) is 0.457. The van der Waals surface area contributed by atoms with Crippen LogP contribution in [0.15, 0.2) is 0 Å². The Morgan fingerprint density at radius 1 is 1.12 bits per heavy atom. The lowest BCUT2D eigenvalue weighted by Crippen LogP contribution is -2.16. The first-order chi connectivity index (χ1) is 7.70. The van der Waals surface area contributed by atoms with Crippen LogP contribution >= 0.6 is 12.2 Å². The monoisotopic (exact) mass is 245 g/mol. The first-order valence-electron chi connectivity index (χ1n) is 6.59. The van der Waals surface area contributed by atoms with Crippen molar-refractivity contribution in [3.05, 3.63) is 0 Å². The molecule has 0 aliphatic heterocycles. The predicted octanol–water partition coefficient (Wildman–Crippen LogP) is 3.42. The standard InChI is InChI=1S/C13H27NOS/c1-3-4-5-6-7-9-12(15)10-8-11-13(16)14-2/h12,15H,3-11H2,1-2H3,(H,14,16)/t12-/m1/s1. The number of thiocarbonyl (C=S) groups is 1. The van der Waals surface area contributed by atoms with Crippen LogP contribution in [0.5, 0.6) is 0 Å². The number of nitrogens with one attached hydrogen (secondary N) is 1. The molecule has 0 aromatic heterocycles. The van der Waals surface area contributed by atoms with Gasteiger partial charge in [-0.15, -0.1) is 0 Å². The second-order valence-electron chi connectivity index (χ2n) is 4.42. The maximum absolute atomic E-state index is 9.73. The van der Waals surface area contributed by atoms with Crippen molar-refractivity contribution in [2.75, 3.05) is 7.05 Å². The molecule has 0 radical (unpaired) electrons. The lowest BCUT2D eigenvalue weighted by atomic mass is 10.0. The van der Waals surface area contributed by atoms with Gasteiger partial charge in [-0.2, -0.15) is 0 Å². The molecule has 0 bridgehead atoms. The molecule has 0 aliphatic rings. The average Bonchev–Trinajstić information content (AvgIpc) is 2.28. The van der Waals surface area contributed by atoms with E-state index in [0.717, 1.165) is 37.1 Å². The molecule has 0 aliphatic carbocycles. The molecule has 0 heterocycles. The maximum Gasteiger partial charge on any atom is 0.0750 e. The maximum atomic E-state index is 9.73. The van der Waals surface area contributed by atoms with Crippen molar-refractivity contribution in [1.29, 1.82) is 0 Å². The number of aliphatic hydroxyl groups excluding tert-OH is 1. The van der Waals surface area contributed by atoms with E-state index in [1.807, 2.05) is 7.05 Å². The fourth-order valence-corrected chi connectivity index (χ4v) is 1.90. The summed E-state index contributed by atoms with van der Waals surface area (Å²) in [5, 5.41) is 12.7. The molecule has 3 heteroatoms. The van der Waals surface area contributed by atoms with Crippen LogP contribution in [0.25, 0.3) is 0 Å². The minimum Gasteiger partial charge on any atom is -0.393 e. The Kier molecular flexibility index (Phi) is 11.2. The van der Waals surface area contributed by atoms with Gasteiger partial charge in [0.2, 0.25) is 0 Å². The van der Waals surface area contributed by atoms with E-state index in [2.05, 4.69) is 12.2 Å². The molecule has 0 saturated heterocycles. The lowest BCUT2D eigenvalue weighted by molar-refractivity contribution is 0.149. The Morgan fingerprint density at radius 2 is 1.75 bits per heavy atom. The van der Waals surface area contributed by atoms with Crippen molar-refractivity contribution < 1.29 is 5.11 Å². The van der Waals surface area contributed by atoms with E-state index in [4.69, 9.17) is 12.2 Å². The summed E-state index contributed by atoms with van der Waals surface area (Å²) >= 11 is 5.05. The van der Waals surface area contributed by atoms with Gasteiger partial charge >= 0.3 is 0 Å². The van der Waals surface area contributed by atoms with Crippen molar-refractivity contribution in [2.24, 2.45) is 0 Å². The van der Waals surface area contributed by atoms with Crippen molar-refractivity contribution in [2.45, 2.75) is 70.8 Å². The van der Waals surface area contributed by atoms with Gasteiger partial charge in [-0.05, 0) is 25.7 Å². The summed E-state index contributed by atoms with van der Waals surface area (Å²) in [6.07, 6.45) is 9.96.